The molecule has 4 nitrogen and oxygen atoms in total. The highest BCUT2D eigenvalue weighted by molar-refractivity contribution is 5.96. The van der Waals surface area contributed by atoms with Gasteiger partial charge in [0.25, 0.3) is 0 Å². The lowest BCUT2D eigenvalue weighted by molar-refractivity contribution is -0.145. The van der Waals surface area contributed by atoms with Gasteiger partial charge in [-0.3, -0.25) is 9.59 Å². The number of para-hydroxylation sites is 1. The van der Waals surface area contributed by atoms with Crippen LogP contribution in [0.1, 0.15) is 12.8 Å². The van der Waals surface area contributed by atoms with Crippen LogP contribution in [0.2, 0.25) is 0 Å². The molecule has 1 N–H and O–H groups in total. The van der Waals surface area contributed by atoms with Crippen LogP contribution in [0.3, 0.4) is 0 Å². The van der Waals surface area contributed by atoms with Crippen molar-refractivity contribution < 1.29 is 14.3 Å². The highest BCUT2D eigenvalue weighted by Gasteiger charge is 2.63. The first-order valence-electron chi connectivity index (χ1n) is 6.80. The van der Waals surface area contributed by atoms with Gasteiger partial charge in [-0.15, -0.1) is 0 Å². The molecular weight excluding hydrogens is 242 g/mol. The van der Waals surface area contributed by atoms with E-state index in [9.17, 15) is 9.59 Å². The van der Waals surface area contributed by atoms with Gasteiger partial charge in [0.1, 0.15) is 6.10 Å². The molecule has 2 bridgehead atoms. The Balaban J connectivity index is 1.57. The van der Waals surface area contributed by atoms with Crippen molar-refractivity contribution >= 4 is 17.6 Å². The summed E-state index contributed by atoms with van der Waals surface area (Å²) < 4.78 is 5.35. The molecule has 4 heteroatoms. The maximum atomic E-state index is 12.4. The summed E-state index contributed by atoms with van der Waals surface area (Å²) in [7, 11) is 0. The van der Waals surface area contributed by atoms with Crippen molar-refractivity contribution in [1.82, 2.24) is 0 Å². The Morgan fingerprint density at radius 2 is 2.00 bits per heavy atom. The number of nitrogens with one attached hydrogen (secondary N) is 1. The largest absolute Gasteiger partial charge is 0.462 e. The monoisotopic (exact) mass is 257 g/mol. The van der Waals surface area contributed by atoms with Crippen LogP contribution in [0.15, 0.2) is 30.3 Å². The zero-order valence-electron chi connectivity index (χ0n) is 10.4. The van der Waals surface area contributed by atoms with E-state index < -0.39 is 0 Å². The minimum absolute atomic E-state index is 0.0269. The van der Waals surface area contributed by atoms with Crippen LogP contribution < -0.4 is 5.32 Å². The average Bonchev–Trinajstić information content (AvgIpc) is 3.00. The molecule has 2 aliphatic carbocycles. The van der Waals surface area contributed by atoms with Gasteiger partial charge < -0.3 is 10.1 Å². The Bertz CT molecular complexity index is 540. The first-order chi connectivity index (χ1) is 9.24. The van der Waals surface area contributed by atoms with E-state index in [0.717, 1.165) is 18.5 Å². The van der Waals surface area contributed by atoms with Gasteiger partial charge in [-0.25, -0.2) is 0 Å². The van der Waals surface area contributed by atoms with Gasteiger partial charge in [-0.1, -0.05) is 18.2 Å². The van der Waals surface area contributed by atoms with Crippen LogP contribution >= 0.6 is 0 Å². The van der Waals surface area contributed by atoms with Crippen LogP contribution in [0.25, 0.3) is 0 Å². The summed E-state index contributed by atoms with van der Waals surface area (Å²) >= 11 is 0. The van der Waals surface area contributed by atoms with Crippen LogP contribution in [0.5, 0.6) is 0 Å². The molecule has 1 aromatic carbocycles. The van der Waals surface area contributed by atoms with Crippen molar-refractivity contribution in [3.63, 3.8) is 0 Å². The lowest BCUT2D eigenvalue weighted by atomic mass is 9.79. The van der Waals surface area contributed by atoms with Crippen molar-refractivity contribution in [3.05, 3.63) is 30.3 Å². The van der Waals surface area contributed by atoms with Crippen molar-refractivity contribution in [1.29, 1.82) is 0 Å². The molecule has 2 saturated carbocycles. The molecule has 0 spiro atoms. The first kappa shape index (κ1) is 11.0. The van der Waals surface area contributed by atoms with Crippen molar-refractivity contribution in [2.45, 2.75) is 18.9 Å². The van der Waals surface area contributed by atoms with E-state index >= 15 is 0 Å². The van der Waals surface area contributed by atoms with Gasteiger partial charge >= 0.3 is 5.97 Å². The van der Waals surface area contributed by atoms with Crippen molar-refractivity contribution in [2.24, 2.45) is 23.7 Å². The number of anilines is 1. The summed E-state index contributed by atoms with van der Waals surface area (Å²) in [6.07, 6.45) is 1.91. The molecule has 0 unspecified atom stereocenters. The maximum absolute atomic E-state index is 12.4. The Labute approximate surface area is 111 Å². The summed E-state index contributed by atoms with van der Waals surface area (Å²) in [6, 6.07) is 9.40. The lowest BCUT2D eigenvalue weighted by Crippen LogP contribution is -2.35. The molecule has 0 aromatic heterocycles. The SMILES string of the molecule is O=C(Nc1ccccc1)[C@@H]1[C@H]2C[C@@H]3[C@@H]1C(=O)O[C@@H]3C2. The molecule has 1 amide bonds. The van der Waals surface area contributed by atoms with Gasteiger partial charge in [-0.05, 0) is 30.9 Å². The quantitative estimate of drug-likeness (QED) is 0.822. The molecule has 1 aliphatic heterocycles. The number of hydrogen-bond donors (Lipinski definition) is 1. The first-order valence-corrected chi connectivity index (χ1v) is 6.80. The highest BCUT2D eigenvalue weighted by Crippen LogP contribution is 2.57. The van der Waals surface area contributed by atoms with Crippen molar-refractivity contribution in [2.75, 3.05) is 5.32 Å². The predicted octanol–water partition coefficient (Wildman–Crippen LogP) is 1.82. The minimum Gasteiger partial charge on any atom is -0.462 e. The maximum Gasteiger partial charge on any atom is 0.310 e. The van der Waals surface area contributed by atoms with Gasteiger partial charge in [0.2, 0.25) is 5.91 Å². The van der Waals surface area contributed by atoms with E-state index in [4.69, 9.17) is 4.74 Å². The zero-order chi connectivity index (χ0) is 13.0. The molecule has 1 heterocycles. The third-order valence-corrected chi connectivity index (χ3v) is 4.83. The molecule has 4 rings (SSSR count). The van der Waals surface area contributed by atoms with Gasteiger partial charge in [-0.2, -0.15) is 0 Å². The number of ether oxygens (including phenoxy) is 1. The van der Waals surface area contributed by atoms with E-state index in [2.05, 4.69) is 5.32 Å². The van der Waals surface area contributed by atoms with E-state index in [1.807, 2.05) is 30.3 Å². The summed E-state index contributed by atoms with van der Waals surface area (Å²) in [6.45, 7) is 0. The fraction of sp³-hybridized carbons (Fsp3) is 0.467. The number of benzene rings is 1. The molecule has 5 atom stereocenters. The second-order valence-corrected chi connectivity index (χ2v) is 5.78. The van der Waals surface area contributed by atoms with Crippen LogP contribution in [-0.2, 0) is 14.3 Å². The van der Waals surface area contributed by atoms with Gasteiger partial charge in [0.15, 0.2) is 0 Å². The molecule has 1 aromatic rings. The fourth-order valence-electron chi connectivity index (χ4n) is 4.11. The number of hydrogen-bond acceptors (Lipinski definition) is 3. The Hall–Kier alpha value is -1.84. The Kier molecular flexibility index (Phi) is 2.22. The minimum atomic E-state index is -0.201. The predicted molar refractivity (Wildman–Crippen MR) is 68.1 cm³/mol. The molecule has 3 fully saturated rings. The molecule has 1 saturated heterocycles. The summed E-state index contributed by atoms with van der Waals surface area (Å²) in [4.78, 5) is 24.3. The molecule has 0 radical (unpaired) electrons. The smallest absolute Gasteiger partial charge is 0.310 e. The Morgan fingerprint density at radius 1 is 1.21 bits per heavy atom. The van der Waals surface area contributed by atoms with Crippen LogP contribution in [0.4, 0.5) is 5.69 Å². The Morgan fingerprint density at radius 3 is 2.79 bits per heavy atom. The van der Waals surface area contributed by atoms with E-state index in [-0.39, 0.29) is 35.7 Å². The third-order valence-electron chi connectivity index (χ3n) is 4.83. The second-order valence-electron chi connectivity index (χ2n) is 5.78. The zero-order valence-corrected chi connectivity index (χ0v) is 10.4. The van der Waals surface area contributed by atoms with Crippen LogP contribution in [0, 0.1) is 23.7 Å². The lowest BCUT2D eigenvalue weighted by Gasteiger charge is -2.23. The number of carbonyl (C=O) groups excluding carboxylic acids is 2. The van der Waals surface area contributed by atoms with Crippen LogP contribution in [-0.4, -0.2) is 18.0 Å². The summed E-state index contributed by atoms with van der Waals surface area (Å²) in [5.41, 5.74) is 0.790. The standard InChI is InChI=1S/C15H15NO3/c17-14(16-9-4-2-1-3-5-9)12-8-6-10-11(7-8)19-15(18)13(10)12/h1-5,8,10-13H,6-7H2,(H,16,17)/t8-,10-,11+,12+,13-/m0/s1. The molecule has 3 aliphatic rings. The average molecular weight is 257 g/mol. The van der Waals surface area contributed by atoms with Gasteiger partial charge in [0, 0.05) is 11.6 Å². The normalized spacial score (nSPS) is 38.3. The highest BCUT2D eigenvalue weighted by atomic mass is 16.6. The topological polar surface area (TPSA) is 55.4 Å². The number of fused-ring (bicyclic) bond motifs is 1. The van der Waals surface area contributed by atoms with E-state index in [1.165, 1.54) is 0 Å². The molecule has 19 heavy (non-hydrogen) atoms. The van der Waals surface area contributed by atoms with Gasteiger partial charge in [0.05, 0.1) is 11.8 Å². The van der Waals surface area contributed by atoms with E-state index in [1.54, 1.807) is 0 Å². The summed E-state index contributed by atoms with van der Waals surface area (Å²) in [5, 5.41) is 2.93. The fourth-order valence-corrected chi connectivity index (χ4v) is 4.11. The number of esters is 1. The molecule has 98 valence electrons. The number of carbonyl (C=O) groups is 2. The number of rotatable bonds is 2. The van der Waals surface area contributed by atoms with E-state index in [0.29, 0.717) is 5.92 Å². The summed E-state index contributed by atoms with van der Waals surface area (Å²) in [5.74, 6) is 0.00677. The van der Waals surface area contributed by atoms with Crippen molar-refractivity contribution in [3.8, 4) is 0 Å². The second kappa shape index (κ2) is 3.83. The molecular formula is C15H15NO3. The number of amides is 1. The third kappa shape index (κ3) is 1.52.